The number of alkyl carbamates (subject to hydrolysis) is 2. The number of carbonyl (C=O) groups excluding carboxylic acids is 3. The number of Topliss-reactive ketones (excluding diaryl/α,β-unsaturated/α-hetero) is 1. The summed E-state index contributed by atoms with van der Waals surface area (Å²) in [5.74, 6) is 1.38. The molecule has 6 aliphatic heterocycles. The predicted octanol–water partition coefficient (Wildman–Crippen LogP) is 6.78. The number of carbonyl (C=O) groups is 3. The Bertz CT molecular complexity index is 3380. The van der Waals surface area contributed by atoms with Crippen molar-refractivity contribution >= 4 is 43.7 Å². The smallest absolute Gasteiger partial charge is 0.407 e. The van der Waals surface area contributed by atoms with Crippen molar-refractivity contribution in [2.24, 2.45) is 27.8 Å². The molecule has 6 aliphatic rings. The Morgan fingerprint density at radius 2 is 1.00 bits per heavy atom. The summed E-state index contributed by atoms with van der Waals surface area (Å²) in [6.45, 7) is 11.6. The lowest BCUT2D eigenvalue weighted by Gasteiger charge is -2.35. The van der Waals surface area contributed by atoms with Crippen molar-refractivity contribution in [3.05, 3.63) is 108 Å². The van der Waals surface area contributed by atoms with Gasteiger partial charge in [-0.05, 0) is 105 Å². The number of hydrogen-bond donors (Lipinski definition) is 5. The molecule has 0 unspecified atom stereocenters. The average molecular weight is 1310 g/mol. The molecule has 10 atom stereocenters. The Morgan fingerprint density at radius 3 is 1.41 bits per heavy atom. The third-order valence-electron chi connectivity index (χ3n) is 17.1. The van der Waals surface area contributed by atoms with Gasteiger partial charge in [0.05, 0.1) is 78.1 Å². The molecule has 0 spiro atoms. The summed E-state index contributed by atoms with van der Waals surface area (Å²) in [5, 5.41) is 41.4. The Morgan fingerprint density at radius 1 is 0.593 bits per heavy atom. The number of aliphatic hydroxyl groups excluding tert-OH is 2. The van der Waals surface area contributed by atoms with Crippen LogP contribution in [0.2, 0.25) is 0 Å². The van der Waals surface area contributed by atoms with Crippen molar-refractivity contribution in [1.29, 1.82) is 0 Å². The van der Waals surface area contributed by atoms with Crippen molar-refractivity contribution in [2.75, 3.05) is 66.2 Å². The third-order valence-corrected chi connectivity index (χ3v) is 20.7. The van der Waals surface area contributed by atoms with E-state index in [1.165, 1.54) is 45.9 Å². The maximum absolute atomic E-state index is 14.2. The third kappa shape index (κ3) is 18.4. The van der Waals surface area contributed by atoms with Crippen LogP contribution in [0.15, 0.2) is 112 Å². The molecule has 4 aromatic rings. The first kappa shape index (κ1) is 68.7. The molecule has 0 aliphatic carbocycles. The van der Waals surface area contributed by atoms with Crippen molar-refractivity contribution in [1.82, 2.24) is 19.2 Å². The number of benzene rings is 4. The number of nitrogens with one attached hydrogen (secondary N) is 2. The van der Waals surface area contributed by atoms with E-state index >= 15 is 0 Å². The Labute approximate surface area is 531 Å². The number of amides is 2. The summed E-state index contributed by atoms with van der Waals surface area (Å²) in [5.41, 5.74) is 0.996. The molecule has 0 saturated carbocycles. The Hall–Kier alpha value is -6.66. The highest BCUT2D eigenvalue weighted by atomic mass is 32.2. The number of fused-ring (bicyclic) bond motifs is 4. The molecule has 6 heterocycles. The number of oxime groups is 1. The van der Waals surface area contributed by atoms with Crippen LogP contribution >= 0.6 is 0 Å². The second kappa shape index (κ2) is 30.4. The molecule has 0 bridgehead atoms. The van der Waals surface area contributed by atoms with E-state index < -0.39 is 92.1 Å². The lowest BCUT2D eigenvalue weighted by Crippen LogP contribution is -2.52. The van der Waals surface area contributed by atoms with E-state index in [1.54, 1.807) is 13.0 Å². The highest BCUT2D eigenvalue weighted by molar-refractivity contribution is 7.89. The molecule has 4 saturated heterocycles. The van der Waals surface area contributed by atoms with Crippen molar-refractivity contribution < 1.29 is 94.0 Å². The zero-order valence-corrected chi connectivity index (χ0v) is 53.8. The van der Waals surface area contributed by atoms with Gasteiger partial charge in [0.2, 0.25) is 33.6 Å². The van der Waals surface area contributed by atoms with Crippen LogP contribution < -0.4 is 29.6 Å². The number of rotatable bonds is 28. The Kier molecular flexibility index (Phi) is 22.9. The fourth-order valence-electron chi connectivity index (χ4n) is 11.8. The van der Waals surface area contributed by atoms with Gasteiger partial charge in [-0.25, -0.2) is 26.4 Å². The molecule has 0 aromatic heterocycles. The molecule has 10 rings (SSSR count). The molecular formula is C64H85N5O20S2. The van der Waals surface area contributed by atoms with Crippen LogP contribution in [0.3, 0.4) is 0 Å². The van der Waals surface area contributed by atoms with Crippen LogP contribution in [0.4, 0.5) is 9.59 Å². The minimum absolute atomic E-state index is 0.00192. The van der Waals surface area contributed by atoms with E-state index in [2.05, 4.69) is 15.8 Å². The number of sulfonamides is 2. The van der Waals surface area contributed by atoms with Crippen LogP contribution in [-0.4, -0.2) is 180 Å². The van der Waals surface area contributed by atoms with E-state index in [0.717, 1.165) is 11.1 Å². The molecule has 27 heteroatoms. The second-order valence-corrected chi connectivity index (χ2v) is 29.3. The van der Waals surface area contributed by atoms with Crippen LogP contribution in [0.1, 0.15) is 91.2 Å². The normalized spacial score (nSPS) is 22.3. The van der Waals surface area contributed by atoms with Crippen LogP contribution in [0.5, 0.6) is 23.0 Å². The van der Waals surface area contributed by atoms with E-state index in [-0.39, 0.29) is 99.7 Å². The minimum atomic E-state index is -4.17. The fraction of sp³-hybridized carbons (Fsp3) is 0.562. The molecule has 0 radical (unpaired) electrons. The summed E-state index contributed by atoms with van der Waals surface area (Å²) in [7, 11) is -8.35. The highest BCUT2D eigenvalue weighted by Crippen LogP contribution is 2.39. The summed E-state index contributed by atoms with van der Waals surface area (Å²) in [6.07, 6.45) is -2.32. The molecule has 5 N–H and O–H groups in total. The van der Waals surface area contributed by atoms with Crippen LogP contribution in [0, 0.1) is 22.7 Å². The SMILES string of the molecule is C/C(CCC(C)(C)CN(C[C@@H](O)[C@H](Cc1ccccc1)NC(=O)O[C@H]1CO[C@H]2OCC[C@H]21)S(=O)(=O)c1ccc2c(c1)OCO2)=N\O.CC(=O)CCC(C)(C)CN(C[C@@H](O)[C@H](Cc1ccccc1)NC(=O)O[C@H]1CO[C@H]2OCC[C@H]21)S(=O)(=O)c1ccc2c(c1)OCO2. The van der Waals surface area contributed by atoms with Crippen LogP contribution in [-0.2, 0) is 66.1 Å². The van der Waals surface area contributed by atoms with Gasteiger partial charge in [-0.1, -0.05) is 93.5 Å². The van der Waals surface area contributed by atoms with Gasteiger partial charge in [0.25, 0.3) is 0 Å². The number of aliphatic hydroxyl groups is 2. The minimum Gasteiger partial charge on any atom is -0.454 e. The van der Waals surface area contributed by atoms with Gasteiger partial charge in [0, 0.05) is 44.7 Å². The Balaban J connectivity index is 0.000000215. The summed E-state index contributed by atoms with van der Waals surface area (Å²) in [6, 6.07) is 25.6. The standard InChI is InChI=1S/C32H43N3O10S.C32H42N2O10S/c1-21(34-38)11-13-32(2,3)19-35(46(39,40)23-9-10-27-28(16-23)44-20-43-27)17-26(36)25(15-22-7-5-4-6-8-22)33-31(37)45-29-18-42-30-24(29)12-14-41-30;1-21(35)11-13-32(2,3)19-34(45(38,39)23-9-10-27-28(16-23)43-20-42-27)17-26(36)25(15-22-7-5-4-6-8-22)33-31(37)44-29-18-41-30-24(29)12-14-40-30/h4-10,16,24-26,29-30,36,38H,11-15,17-20H2,1-3H3,(H,33,37);4-10,16,24-26,29-30,36H,11-15,17-20H2,1-3H3,(H,33,37)/b34-21+;/t2*24-,25-,26+,29-,30+/m00/s1. The molecular weight excluding hydrogens is 1220 g/mol. The highest BCUT2D eigenvalue weighted by Gasteiger charge is 2.46. The van der Waals surface area contributed by atoms with E-state index in [9.17, 15) is 41.4 Å². The van der Waals surface area contributed by atoms with E-state index in [4.69, 9.17) is 52.6 Å². The molecule has 91 heavy (non-hydrogen) atoms. The van der Waals surface area contributed by atoms with Gasteiger partial charge >= 0.3 is 12.2 Å². The molecule has 4 fully saturated rings. The van der Waals surface area contributed by atoms with Crippen LogP contribution in [0.25, 0.3) is 0 Å². The van der Waals surface area contributed by atoms with Crippen molar-refractivity contribution in [2.45, 2.75) is 152 Å². The summed E-state index contributed by atoms with van der Waals surface area (Å²) >= 11 is 0. The number of hydrogen-bond acceptors (Lipinski definition) is 21. The zero-order valence-electron chi connectivity index (χ0n) is 52.2. The van der Waals surface area contributed by atoms with Gasteiger partial charge < -0.3 is 78.2 Å². The van der Waals surface area contributed by atoms with Gasteiger partial charge in [0.15, 0.2) is 35.6 Å². The van der Waals surface area contributed by atoms with Crippen molar-refractivity contribution in [3.63, 3.8) is 0 Å². The lowest BCUT2D eigenvalue weighted by atomic mass is 9.86. The number of nitrogens with zero attached hydrogens (tertiary/aromatic N) is 3. The second-order valence-electron chi connectivity index (χ2n) is 25.4. The maximum Gasteiger partial charge on any atom is 0.407 e. The van der Waals surface area contributed by atoms with Crippen molar-refractivity contribution in [3.8, 4) is 23.0 Å². The average Bonchev–Trinajstić information content (AvgIpc) is 1.25. The maximum atomic E-state index is 14.2. The molecule has 25 nitrogen and oxygen atoms in total. The fourth-order valence-corrected chi connectivity index (χ4v) is 15.1. The van der Waals surface area contributed by atoms with Gasteiger partial charge in [-0.15, -0.1) is 0 Å². The topological polar surface area (TPSA) is 315 Å². The summed E-state index contributed by atoms with van der Waals surface area (Å²) < 4.78 is 114. The zero-order chi connectivity index (χ0) is 65.1. The number of ether oxygens (including phenoxy) is 10. The first-order valence-corrected chi connectivity index (χ1v) is 33.6. The molecule has 2 amide bonds. The first-order chi connectivity index (χ1) is 43.4. The van der Waals surface area contributed by atoms with Gasteiger partial charge in [-0.2, -0.15) is 8.61 Å². The van der Waals surface area contributed by atoms with Gasteiger partial charge in [0.1, 0.15) is 18.0 Å². The summed E-state index contributed by atoms with van der Waals surface area (Å²) in [4.78, 5) is 38.1. The largest absolute Gasteiger partial charge is 0.454 e. The monoisotopic (exact) mass is 1310 g/mol. The number of ketones is 1. The molecule has 498 valence electrons. The van der Waals surface area contributed by atoms with E-state index in [0.29, 0.717) is 74.0 Å². The van der Waals surface area contributed by atoms with Gasteiger partial charge in [-0.3, -0.25) is 0 Å². The lowest BCUT2D eigenvalue weighted by molar-refractivity contribution is -0.117. The predicted molar refractivity (Wildman–Crippen MR) is 329 cm³/mol. The van der Waals surface area contributed by atoms with E-state index in [1.807, 2.05) is 88.4 Å². The molecule has 4 aromatic carbocycles. The quantitative estimate of drug-likeness (QED) is 0.0222. The first-order valence-electron chi connectivity index (χ1n) is 30.7.